The van der Waals surface area contributed by atoms with Crippen LogP contribution < -0.4 is 8.37 Å². The monoisotopic (exact) mass is 606 g/mol. The van der Waals surface area contributed by atoms with Gasteiger partial charge in [0.25, 0.3) is 0 Å². The number of esters is 2. The minimum absolute atomic E-state index is 0.0364. The molecule has 40 heavy (non-hydrogen) atoms. The number of carbonyl (C=O) groups excluding carboxylic acids is 2. The van der Waals surface area contributed by atoms with Crippen LogP contribution >= 0.6 is 0 Å². The quantitative estimate of drug-likeness (QED) is 0.165. The van der Waals surface area contributed by atoms with E-state index < -0.39 is 67.8 Å². The summed E-state index contributed by atoms with van der Waals surface area (Å²) in [4.78, 5) is 23.8. The number of rotatable bonds is 10. The SMILES string of the molecule is COC(=O)CCC(C)=CCc1c(OS(=O)(=O)C(F)(F)F)c(C)c2c(c1OS(=O)(=O)c1ccc(C)cc1)C(=O)OC2. The molecule has 0 amide bonds. The number of fused-ring (bicyclic) bond motifs is 1. The third kappa shape index (κ3) is 6.58. The standard InChI is InChI=1S/C25H25F3O10S2/c1-14-5-9-17(10-6-14)39(31,32)37-23-18(11-7-15(2)8-12-20(29)35-4)22(38-40(33,34)25(26,27)28)16(3)19-13-36-24(30)21(19)23/h5-7,9-10H,8,11-13H2,1-4H3. The molecule has 0 aliphatic carbocycles. The van der Waals surface area contributed by atoms with Crippen molar-refractivity contribution in [2.24, 2.45) is 0 Å². The molecule has 0 unspecified atom stereocenters. The molecular formula is C25H25F3O10S2. The van der Waals surface area contributed by atoms with Crippen molar-refractivity contribution >= 4 is 32.2 Å². The highest BCUT2D eigenvalue weighted by Gasteiger charge is 2.49. The number of cyclic esters (lactones) is 1. The zero-order valence-electron chi connectivity index (χ0n) is 21.7. The number of alkyl halides is 3. The largest absolute Gasteiger partial charge is 0.534 e. The summed E-state index contributed by atoms with van der Waals surface area (Å²) in [5.74, 6) is -3.14. The van der Waals surface area contributed by atoms with Crippen molar-refractivity contribution in [1.29, 1.82) is 0 Å². The smallest absolute Gasteiger partial charge is 0.469 e. The Kier molecular flexibility index (Phi) is 8.89. The van der Waals surface area contributed by atoms with E-state index in [2.05, 4.69) is 8.92 Å². The first-order valence-electron chi connectivity index (χ1n) is 11.6. The number of allylic oxidation sites excluding steroid dienone is 2. The lowest BCUT2D eigenvalue weighted by Gasteiger charge is -2.20. The average Bonchev–Trinajstić information content (AvgIpc) is 3.25. The molecule has 0 fully saturated rings. The molecule has 2 aromatic carbocycles. The van der Waals surface area contributed by atoms with Crippen LogP contribution in [-0.4, -0.2) is 41.4 Å². The molecule has 0 aromatic heterocycles. The lowest BCUT2D eigenvalue weighted by atomic mass is 9.95. The number of carbonyl (C=O) groups is 2. The number of benzene rings is 2. The Morgan fingerprint density at radius 3 is 2.23 bits per heavy atom. The minimum atomic E-state index is -6.22. The van der Waals surface area contributed by atoms with Crippen molar-refractivity contribution in [3.8, 4) is 11.5 Å². The zero-order valence-corrected chi connectivity index (χ0v) is 23.4. The van der Waals surface area contributed by atoms with Crippen LogP contribution in [-0.2, 0) is 47.5 Å². The molecule has 218 valence electrons. The number of ether oxygens (including phenoxy) is 2. The fourth-order valence-electron chi connectivity index (χ4n) is 3.74. The second-order valence-electron chi connectivity index (χ2n) is 8.86. The Balaban J connectivity index is 2.26. The topological polar surface area (TPSA) is 139 Å². The van der Waals surface area contributed by atoms with Gasteiger partial charge in [0.1, 0.15) is 17.1 Å². The van der Waals surface area contributed by atoms with Gasteiger partial charge in [-0.3, -0.25) is 4.79 Å². The van der Waals surface area contributed by atoms with Crippen LogP contribution in [0.5, 0.6) is 11.5 Å². The van der Waals surface area contributed by atoms with E-state index in [0.717, 1.165) is 5.56 Å². The molecule has 0 saturated heterocycles. The zero-order chi connectivity index (χ0) is 30.0. The van der Waals surface area contributed by atoms with Crippen LogP contribution in [0.1, 0.15) is 52.4 Å². The maximum Gasteiger partial charge on any atom is 0.534 e. The highest BCUT2D eigenvalue weighted by atomic mass is 32.2. The van der Waals surface area contributed by atoms with Crippen LogP contribution in [0.3, 0.4) is 0 Å². The maximum absolute atomic E-state index is 13.3. The molecule has 10 nitrogen and oxygen atoms in total. The van der Waals surface area contributed by atoms with Gasteiger partial charge in [0.05, 0.1) is 7.11 Å². The van der Waals surface area contributed by atoms with Crippen molar-refractivity contribution < 1.29 is 57.4 Å². The van der Waals surface area contributed by atoms with Gasteiger partial charge in [-0.05, 0) is 45.7 Å². The molecule has 1 heterocycles. The van der Waals surface area contributed by atoms with Gasteiger partial charge in [0.2, 0.25) is 0 Å². The lowest BCUT2D eigenvalue weighted by molar-refractivity contribution is -0.140. The minimum Gasteiger partial charge on any atom is -0.469 e. The summed E-state index contributed by atoms with van der Waals surface area (Å²) in [7, 11) is -9.71. The summed E-state index contributed by atoms with van der Waals surface area (Å²) in [6, 6.07) is 5.39. The van der Waals surface area contributed by atoms with Crippen LogP contribution in [0, 0.1) is 13.8 Å². The van der Waals surface area contributed by atoms with Gasteiger partial charge in [0, 0.05) is 23.1 Å². The summed E-state index contributed by atoms with van der Waals surface area (Å²) in [5.41, 5.74) is -5.71. The van der Waals surface area contributed by atoms with E-state index in [-0.39, 0.29) is 34.4 Å². The van der Waals surface area contributed by atoms with E-state index in [1.54, 1.807) is 13.8 Å². The van der Waals surface area contributed by atoms with E-state index >= 15 is 0 Å². The molecule has 0 spiro atoms. The van der Waals surface area contributed by atoms with Crippen LogP contribution in [0.25, 0.3) is 0 Å². The Morgan fingerprint density at radius 1 is 1.02 bits per heavy atom. The first-order chi connectivity index (χ1) is 18.5. The van der Waals surface area contributed by atoms with Crippen molar-refractivity contribution in [2.45, 2.75) is 57.0 Å². The van der Waals surface area contributed by atoms with Crippen LogP contribution in [0.4, 0.5) is 13.2 Å². The van der Waals surface area contributed by atoms with Gasteiger partial charge in [0.15, 0.2) is 11.5 Å². The third-order valence-electron chi connectivity index (χ3n) is 6.01. The summed E-state index contributed by atoms with van der Waals surface area (Å²) in [6.45, 7) is 4.00. The number of hydrogen-bond acceptors (Lipinski definition) is 10. The molecule has 0 radical (unpaired) electrons. The van der Waals surface area contributed by atoms with Gasteiger partial charge >= 0.3 is 37.7 Å². The second-order valence-corrected chi connectivity index (χ2v) is 11.9. The average molecular weight is 607 g/mol. The molecular weight excluding hydrogens is 581 g/mol. The van der Waals surface area contributed by atoms with Gasteiger partial charge in [-0.25, -0.2) is 4.79 Å². The van der Waals surface area contributed by atoms with Crippen molar-refractivity contribution in [3.63, 3.8) is 0 Å². The Morgan fingerprint density at radius 2 is 1.65 bits per heavy atom. The van der Waals surface area contributed by atoms with Gasteiger partial charge in [-0.2, -0.15) is 30.0 Å². The number of halogens is 3. The molecule has 0 atom stereocenters. The predicted molar refractivity (Wildman–Crippen MR) is 134 cm³/mol. The summed E-state index contributed by atoms with van der Waals surface area (Å²) in [6.07, 6.45) is 1.09. The summed E-state index contributed by atoms with van der Waals surface area (Å²) in [5, 5.41) is 0. The van der Waals surface area contributed by atoms with Crippen LogP contribution in [0.2, 0.25) is 0 Å². The molecule has 0 N–H and O–H groups in total. The first-order valence-corrected chi connectivity index (χ1v) is 14.4. The Hall–Kier alpha value is -3.59. The molecule has 0 saturated carbocycles. The van der Waals surface area contributed by atoms with E-state index in [1.807, 2.05) is 0 Å². The highest BCUT2D eigenvalue weighted by molar-refractivity contribution is 7.88. The molecule has 2 aromatic rings. The van der Waals surface area contributed by atoms with Gasteiger partial charge in [-0.1, -0.05) is 29.3 Å². The first kappa shape index (κ1) is 30.9. The number of methoxy groups -OCH3 is 1. The predicted octanol–water partition coefficient (Wildman–Crippen LogP) is 4.41. The van der Waals surface area contributed by atoms with E-state index in [0.29, 0.717) is 5.57 Å². The molecule has 3 rings (SSSR count). The molecule has 15 heteroatoms. The Bertz CT molecular complexity index is 1570. The fourth-order valence-corrected chi connectivity index (χ4v) is 5.25. The van der Waals surface area contributed by atoms with E-state index in [1.165, 1.54) is 44.4 Å². The summed E-state index contributed by atoms with van der Waals surface area (Å²) >= 11 is 0. The molecule has 0 bridgehead atoms. The lowest BCUT2D eigenvalue weighted by Crippen LogP contribution is -2.29. The second kappa shape index (κ2) is 11.5. The summed E-state index contributed by atoms with van der Waals surface area (Å²) < 4.78 is 110. The maximum atomic E-state index is 13.3. The normalized spacial score (nSPS) is 14.0. The van der Waals surface area contributed by atoms with Crippen molar-refractivity contribution in [3.05, 3.63) is 63.7 Å². The van der Waals surface area contributed by atoms with E-state index in [9.17, 15) is 39.6 Å². The van der Waals surface area contributed by atoms with Crippen molar-refractivity contribution in [2.75, 3.05) is 7.11 Å². The van der Waals surface area contributed by atoms with Crippen LogP contribution in [0.15, 0.2) is 40.8 Å². The number of aryl methyl sites for hydroxylation is 1. The third-order valence-corrected chi connectivity index (χ3v) is 8.20. The van der Waals surface area contributed by atoms with E-state index in [4.69, 9.17) is 8.92 Å². The fraction of sp³-hybridized carbons (Fsp3) is 0.360. The van der Waals surface area contributed by atoms with Gasteiger partial charge in [-0.15, -0.1) is 0 Å². The Labute approximate surface area is 228 Å². The molecule has 1 aliphatic rings. The number of hydrogen-bond donors (Lipinski definition) is 0. The molecule has 1 aliphatic heterocycles. The highest BCUT2D eigenvalue weighted by Crippen LogP contribution is 2.45. The van der Waals surface area contributed by atoms with Gasteiger partial charge < -0.3 is 17.8 Å². The van der Waals surface area contributed by atoms with Crippen molar-refractivity contribution in [1.82, 2.24) is 0 Å².